The lowest BCUT2D eigenvalue weighted by Gasteiger charge is -2.13. The number of benzene rings is 3. The van der Waals surface area contributed by atoms with Crippen molar-refractivity contribution in [3.63, 3.8) is 0 Å². The summed E-state index contributed by atoms with van der Waals surface area (Å²) in [6.45, 7) is 2.06. The number of fused-ring (bicyclic) bond motifs is 1. The smallest absolute Gasteiger partial charge is 0.222 e. The van der Waals surface area contributed by atoms with E-state index in [4.69, 9.17) is 27.7 Å². The van der Waals surface area contributed by atoms with Gasteiger partial charge in [-0.05, 0) is 35.9 Å². The summed E-state index contributed by atoms with van der Waals surface area (Å²) < 4.78 is 18.1. The van der Waals surface area contributed by atoms with Crippen molar-refractivity contribution in [2.45, 2.75) is 6.92 Å². The molecule has 0 radical (unpaired) electrons. The monoisotopic (exact) mass is 392 g/mol. The third kappa shape index (κ3) is 3.51. The van der Waals surface area contributed by atoms with E-state index in [0.29, 0.717) is 17.5 Å². The number of carbonyl (C=O) groups excluding carboxylic acids is 1. The highest BCUT2D eigenvalue weighted by molar-refractivity contribution is 7.49. The van der Waals surface area contributed by atoms with Gasteiger partial charge in [-0.2, -0.15) is 0 Å². The fourth-order valence-electron chi connectivity index (χ4n) is 2.73. The van der Waals surface area contributed by atoms with E-state index in [2.05, 4.69) is 0 Å². The van der Waals surface area contributed by atoms with Gasteiger partial charge in [0.25, 0.3) is 0 Å². The molecule has 6 heteroatoms. The maximum atomic E-state index is 13.1. The average Bonchev–Trinajstić information content (AvgIpc) is 2.60. The van der Waals surface area contributed by atoms with Crippen molar-refractivity contribution >= 4 is 53.1 Å². The molecule has 1 atom stereocenters. The molecule has 0 aliphatic heterocycles. The topological polar surface area (TPSA) is 43.4 Å². The van der Waals surface area contributed by atoms with Gasteiger partial charge >= 0.3 is 0 Å². The highest BCUT2D eigenvalue weighted by Gasteiger charge is 2.23. The molecule has 0 fully saturated rings. The fourth-order valence-corrected chi connectivity index (χ4v) is 4.57. The lowest BCUT2D eigenvalue weighted by Crippen LogP contribution is -2.16. The predicted molar refractivity (Wildman–Crippen MR) is 104 cm³/mol. The third-order valence-electron chi connectivity index (χ3n) is 3.84. The van der Waals surface area contributed by atoms with Crippen molar-refractivity contribution < 1.29 is 13.9 Å². The Balaban J connectivity index is 2.27. The Morgan fingerprint density at radius 3 is 2.36 bits per heavy atom. The predicted octanol–water partition coefficient (Wildman–Crippen LogP) is 5.51. The van der Waals surface area contributed by atoms with Crippen molar-refractivity contribution in [2.24, 2.45) is 0 Å². The molecule has 3 aromatic rings. The molecule has 0 amide bonds. The summed E-state index contributed by atoms with van der Waals surface area (Å²) in [7, 11) is -2.61. The van der Waals surface area contributed by atoms with Crippen LogP contribution in [0.1, 0.15) is 22.8 Å². The van der Waals surface area contributed by atoms with Crippen LogP contribution in [0.5, 0.6) is 0 Å². The van der Waals surface area contributed by atoms with E-state index >= 15 is 0 Å². The summed E-state index contributed by atoms with van der Waals surface area (Å²) in [4.78, 5) is 13.1. The first kappa shape index (κ1) is 18.2. The molecule has 1 unspecified atom stereocenters. The molecule has 25 heavy (non-hydrogen) atoms. The van der Waals surface area contributed by atoms with Crippen LogP contribution < -0.4 is 5.30 Å². The second-order valence-corrected chi connectivity index (χ2v) is 7.53. The van der Waals surface area contributed by atoms with Crippen molar-refractivity contribution in [2.75, 3.05) is 6.61 Å². The van der Waals surface area contributed by atoms with Crippen LogP contribution in [-0.4, -0.2) is 12.4 Å². The Morgan fingerprint density at radius 2 is 1.68 bits per heavy atom. The first-order valence-corrected chi connectivity index (χ1v) is 9.79. The lowest BCUT2D eigenvalue weighted by atomic mass is 9.99. The summed E-state index contributed by atoms with van der Waals surface area (Å²) in [6.07, 6.45) is 0. The van der Waals surface area contributed by atoms with Crippen molar-refractivity contribution in [3.05, 3.63) is 75.8 Å². The number of ketones is 1. The molecule has 0 spiro atoms. The molecule has 3 rings (SSSR count). The van der Waals surface area contributed by atoms with E-state index in [1.807, 2.05) is 30.3 Å². The van der Waals surface area contributed by atoms with Crippen LogP contribution in [0.3, 0.4) is 0 Å². The molecule has 0 saturated heterocycles. The molecule has 0 saturated carbocycles. The standard InChI is InChI=1S/C19H15Cl2O3P/c1-2-24-25(23)19-13-7-4-3-6-12(13)10-11-14(19)18(22)17-15(20)8-5-9-16(17)21/h3-11,25H,2H2,1H3. The van der Waals surface area contributed by atoms with Gasteiger partial charge in [-0.3, -0.25) is 9.36 Å². The molecular formula is C19H15Cl2O3P. The molecule has 0 heterocycles. The maximum Gasteiger partial charge on any atom is 0.222 e. The van der Waals surface area contributed by atoms with Crippen LogP contribution in [0.25, 0.3) is 10.8 Å². The number of carbonyl (C=O) groups is 1. The first-order valence-electron chi connectivity index (χ1n) is 7.72. The Hall–Kier alpha value is -1.64. The molecule has 0 bridgehead atoms. The minimum absolute atomic E-state index is 0.202. The Labute approximate surface area is 156 Å². The van der Waals surface area contributed by atoms with Crippen molar-refractivity contribution in [1.82, 2.24) is 0 Å². The molecule has 3 aromatic carbocycles. The van der Waals surface area contributed by atoms with Crippen LogP contribution in [0, 0.1) is 0 Å². The van der Waals surface area contributed by atoms with Gasteiger partial charge in [0.05, 0.1) is 27.5 Å². The van der Waals surface area contributed by atoms with Gasteiger partial charge in [0.1, 0.15) is 0 Å². The van der Waals surface area contributed by atoms with Gasteiger partial charge in [-0.15, -0.1) is 0 Å². The lowest BCUT2D eigenvalue weighted by molar-refractivity contribution is 0.104. The van der Waals surface area contributed by atoms with E-state index in [-0.39, 0.29) is 21.4 Å². The highest BCUT2D eigenvalue weighted by Crippen LogP contribution is 2.32. The van der Waals surface area contributed by atoms with Gasteiger partial charge in [0.15, 0.2) is 5.78 Å². The van der Waals surface area contributed by atoms with Gasteiger partial charge in [-0.1, -0.05) is 59.6 Å². The zero-order chi connectivity index (χ0) is 18.0. The number of rotatable bonds is 5. The summed E-state index contributed by atoms with van der Waals surface area (Å²) >= 11 is 12.4. The second kappa shape index (κ2) is 7.72. The number of hydrogen-bond acceptors (Lipinski definition) is 3. The molecule has 3 nitrogen and oxygen atoms in total. The number of hydrogen-bond donors (Lipinski definition) is 0. The summed E-state index contributed by atoms with van der Waals surface area (Å²) in [5, 5.41) is 2.54. The van der Waals surface area contributed by atoms with E-state index in [9.17, 15) is 9.36 Å². The zero-order valence-corrected chi connectivity index (χ0v) is 15.9. The largest absolute Gasteiger partial charge is 0.328 e. The maximum absolute atomic E-state index is 13.1. The molecule has 0 N–H and O–H groups in total. The minimum atomic E-state index is -2.61. The SMILES string of the molecule is CCO[PH](=O)c1c(C(=O)c2c(Cl)cccc2Cl)ccc2ccccc12. The summed E-state index contributed by atoms with van der Waals surface area (Å²) in [6, 6.07) is 15.8. The second-order valence-electron chi connectivity index (χ2n) is 5.36. The normalized spacial score (nSPS) is 12.3. The molecule has 0 aromatic heterocycles. The van der Waals surface area contributed by atoms with Crippen molar-refractivity contribution in [1.29, 1.82) is 0 Å². The third-order valence-corrected chi connectivity index (χ3v) is 5.97. The van der Waals surface area contributed by atoms with Gasteiger partial charge in [-0.25, -0.2) is 0 Å². The Kier molecular flexibility index (Phi) is 5.61. The molecule has 0 aliphatic carbocycles. The van der Waals surface area contributed by atoms with E-state index in [1.165, 1.54) is 0 Å². The van der Waals surface area contributed by atoms with Crippen LogP contribution in [0.4, 0.5) is 0 Å². The summed E-state index contributed by atoms with van der Waals surface area (Å²) in [5.41, 5.74) is 0.500. The molecule has 128 valence electrons. The van der Waals surface area contributed by atoms with Crippen molar-refractivity contribution in [3.8, 4) is 0 Å². The molecule has 0 aliphatic rings. The highest BCUT2D eigenvalue weighted by atomic mass is 35.5. The van der Waals surface area contributed by atoms with Crippen LogP contribution >= 0.6 is 31.2 Å². The van der Waals surface area contributed by atoms with Gasteiger partial charge < -0.3 is 4.52 Å². The van der Waals surface area contributed by atoms with Gasteiger partial charge in [0, 0.05) is 5.56 Å². The van der Waals surface area contributed by atoms with E-state index < -0.39 is 8.03 Å². The van der Waals surface area contributed by atoms with Crippen LogP contribution in [0.2, 0.25) is 10.0 Å². The fraction of sp³-hybridized carbons (Fsp3) is 0.105. The van der Waals surface area contributed by atoms with Gasteiger partial charge in [0.2, 0.25) is 8.03 Å². The quantitative estimate of drug-likeness (QED) is 0.424. The summed E-state index contributed by atoms with van der Waals surface area (Å²) in [5.74, 6) is -0.366. The minimum Gasteiger partial charge on any atom is -0.328 e. The molecular weight excluding hydrogens is 378 g/mol. The average molecular weight is 393 g/mol. The zero-order valence-electron chi connectivity index (χ0n) is 13.4. The van der Waals surface area contributed by atoms with E-state index in [1.54, 1.807) is 31.2 Å². The van der Waals surface area contributed by atoms with Crippen LogP contribution in [-0.2, 0) is 9.09 Å². The van der Waals surface area contributed by atoms with Crippen LogP contribution in [0.15, 0.2) is 54.6 Å². The Bertz CT molecular complexity index is 965. The van der Waals surface area contributed by atoms with E-state index in [0.717, 1.165) is 10.8 Å². The number of halogens is 2. The first-order chi connectivity index (χ1) is 12.0. The Morgan fingerprint density at radius 1 is 1.00 bits per heavy atom.